The lowest BCUT2D eigenvalue weighted by Crippen LogP contribution is -2.49. The molecule has 3 unspecified atom stereocenters. The molecule has 0 bridgehead atoms. The van der Waals surface area contributed by atoms with Crippen molar-refractivity contribution in [1.82, 2.24) is 15.1 Å². The molecule has 0 radical (unpaired) electrons. The first-order valence-electron chi connectivity index (χ1n) is 8.21. The van der Waals surface area contributed by atoms with Crippen LogP contribution in [-0.2, 0) is 4.79 Å². The number of rotatable bonds is 2. The van der Waals surface area contributed by atoms with E-state index in [1.54, 1.807) is 0 Å². The number of nitrogens with one attached hydrogen (secondary N) is 1. The third kappa shape index (κ3) is 3.72. The number of hydrogen-bond donors (Lipinski definition) is 1. The third-order valence-electron chi connectivity index (χ3n) is 6.16. The molecule has 1 N–H and O–H groups in total. The monoisotopic (exact) mass is 351 g/mol. The van der Waals surface area contributed by atoms with Gasteiger partial charge >= 0.3 is 0 Å². The van der Waals surface area contributed by atoms with E-state index in [0.717, 1.165) is 38.9 Å². The quantitative estimate of drug-likeness (QED) is 0.827. The maximum absolute atomic E-state index is 12.8. The van der Waals surface area contributed by atoms with E-state index in [-0.39, 0.29) is 24.8 Å². The predicted molar refractivity (Wildman–Crippen MR) is 95.0 cm³/mol. The molecule has 1 spiro atoms. The van der Waals surface area contributed by atoms with Crippen molar-refractivity contribution in [3.05, 3.63) is 0 Å². The van der Waals surface area contributed by atoms with Crippen LogP contribution in [0.1, 0.15) is 39.0 Å². The molecule has 130 valence electrons. The average Bonchev–Trinajstić information content (AvgIpc) is 3.14. The summed E-state index contributed by atoms with van der Waals surface area (Å²) in [6, 6.07) is 1.05. The highest BCUT2D eigenvalue weighted by Crippen LogP contribution is 2.59. The van der Waals surface area contributed by atoms with E-state index in [2.05, 4.69) is 29.1 Å². The Hall–Kier alpha value is -0.0300. The SMILES string of the molecule is CC1CC(N(C)C(=O)C2CC23CCNCC3)CCN1C.Cl.Cl. The van der Waals surface area contributed by atoms with Gasteiger partial charge in [-0.15, -0.1) is 24.8 Å². The van der Waals surface area contributed by atoms with Crippen molar-refractivity contribution in [3.8, 4) is 0 Å². The molecule has 0 aromatic heterocycles. The van der Waals surface area contributed by atoms with Gasteiger partial charge in [-0.1, -0.05) is 0 Å². The highest BCUT2D eigenvalue weighted by molar-refractivity contribution is 5.85. The molecule has 3 rings (SSSR count). The Balaban J connectivity index is 0.00000121. The summed E-state index contributed by atoms with van der Waals surface area (Å²) in [5, 5.41) is 3.41. The Morgan fingerprint density at radius 3 is 2.50 bits per heavy atom. The average molecular weight is 352 g/mol. The zero-order valence-electron chi connectivity index (χ0n) is 14.0. The summed E-state index contributed by atoms with van der Waals surface area (Å²) >= 11 is 0. The second-order valence-electron chi connectivity index (χ2n) is 7.33. The van der Waals surface area contributed by atoms with Crippen molar-refractivity contribution in [3.63, 3.8) is 0 Å². The van der Waals surface area contributed by atoms with Gasteiger partial charge in [0.15, 0.2) is 0 Å². The summed E-state index contributed by atoms with van der Waals surface area (Å²) in [4.78, 5) is 17.2. The number of carbonyl (C=O) groups is 1. The summed E-state index contributed by atoms with van der Waals surface area (Å²) in [7, 11) is 4.23. The molecule has 4 nitrogen and oxygen atoms in total. The number of halogens is 2. The molecule has 0 aromatic rings. The summed E-state index contributed by atoms with van der Waals surface area (Å²) in [5.74, 6) is 0.748. The number of piperidine rings is 2. The fourth-order valence-corrected chi connectivity index (χ4v) is 4.22. The van der Waals surface area contributed by atoms with Crippen molar-refractivity contribution < 1.29 is 4.79 Å². The summed E-state index contributed by atoms with van der Waals surface area (Å²) in [5.41, 5.74) is 0.369. The largest absolute Gasteiger partial charge is 0.342 e. The standard InChI is InChI=1S/C16H29N3O.2ClH/c1-12-10-13(4-9-18(12)2)19(3)15(20)14-11-16(14)5-7-17-8-6-16;;/h12-14,17H,4-11H2,1-3H3;2*1H. The number of carbonyl (C=O) groups excluding carboxylic acids is 1. The van der Waals surface area contributed by atoms with Gasteiger partial charge in [-0.25, -0.2) is 0 Å². The van der Waals surface area contributed by atoms with Gasteiger partial charge in [-0.3, -0.25) is 4.79 Å². The maximum Gasteiger partial charge on any atom is 0.226 e. The molecule has 1 amide bonds. The van der Waals surface area contributed by atoms with Gasteiger partial charge in [0.2, 0.25) is 5.91 Å². The van der Waals surface area contributed by atoms with Crippen LogP contribution >= 0.6 is 24.8 Å². The van der Waals surface area contributed by atoms with E-state index in [4.69, 9.17) is 0 Å². The van der Waals surface area contributed by atoms with Gasteiger partial charge in [0.25, 0.3) is 0 Å². The first kappa shape index (κ1) is 20.0. The van der Waals surface area contributed by atoms with Crippen molar-refractivity contribution in [2.24, 2.45) is 11.3 Å². The van der Waals surface area contributed by atoms with Crippen LogP contribution in [0.2, 0.25) is 0 Å². The summed E-state index contributed by atoms with van der Waals surface area (Å²) in [6.45, 7) is 5.58. The van der Waals surface area contributed by atoms with Crippen LogP contribution in [0.5, 0.6) is 0 Å². The molecular formula is C16H31Cl2N3O. The normalized spacial score (nSPS) is 33.5. The second kappa shape index (κ2) is 7.69. The molecule has 1 aliphatic carbocycles. The Bertz CT molecular complexity index is 388. The molecule has 0 aromatic carbocycles. The molecule has 2 aliphatic heterocycles. The molecule has 2 heterocycles. The van der Waals surface area contributed by atoms with E-state index in [1.807, 2.05) is 7.05 Å². The first-order chi connectivity index (χ1) is 9.53. The Labute approximate surface area is 147 Å². The minimum Gasteiger partial charge on any atom is -0.342 e. The Morgan fingerprint density at radius 1 is 1.27 bits per heavy atom. The van der Waals surface area contributed by atoms with Gasteiger partial charge in [0, 0.05) is 31.6 Å². The fraction of sp³-hybridized carbons (Fsp3) is 0.938. The van der Waals surface area contributed by atoms with Gasteiger partial charge in [-0.2, -0.15) is 0 Å². The molecule has 3 fully saturated rings. The Morgan fingerprint density at radius 2 is 1.91 bits per heavy atom. The van der Waals surface area contributed by atoms with Crippen molar-refractivity contribution in [1.29, 1.82) is 0 Å². The minimum absolute atomic E-state index is 0. The van der Waals surface area contributed by atoms with Crippen LogP contribution in [0.25, 0.3) is 0 Å². The third-order valence-corrected chi connectivity index (χ3v) is 6.16. The molecule has 1 saturated carbocycles. The predicted octanol–water partition coefficient (Wildman–Crippen LogP) is 2.16. The molecule has 2 saturated heterocycles. The molecular weight excluding hydrogens is 321 g/mol. The zero-order valence-corrected chi connectivity index (χ0v) is 15.6. The van der Waals surface area contributed by atoms with E-state index in [9.17, 15) is 4.79 Å². The minimum atomic E-state index is 0. The van der Waals surface area contributed by atoms with E-state index >= 15 is 0 Å². The van der Waals surface area contributed by atoms with E-state index < -0.39 is 0 Å². The van der Waals surface area contributed by atoms with E-state index in [0.29, 0.717) is 29.3 Å². The van der Waals surface area contributed by atoms with Crippen LogP contribution in [0, 0.1) is 11.3 Å². The summed E-state index contributed by atoms with van der Waals surface area (Å²) < 4.78 is 0. The summed E-state index contributed by atoms with van der Waals surface area (Å²) in [6.07, 6.45) is 5.78. The number of hydrogen-bond acceptors (Lipinski definition) is 3. The smallest absolute Gasteiger partial charge is 0.226 e. The molecule has 3 atom stereocenters. The number of likely N-dealkylation sites (tertiary alicyclic amines) is 1. The molecule has 3 aliphatic rings. The second-order valence-corrected chi connectivity index (χ2v) is 7.33. The van der Waals surface area contributed by atoms with Gasteiger partial charge in [0.1, 0.15) is 0 Å². The Kier molecular flexibility index (Phi) is 7.00. The van der Waals surface area contributed by atoms with Crippen molar-refractivity contribution in [2.45, 2.75) is 51.1 Å². The topological polar surface area (TPSA) is 35.6 Å². The fourth-order valence-electron chi connectivity index (χ4n) is 4.22. The van der Waals surface area contributed by atoms with Crippen LogP contribution in [0.4, 0.5) is 0 Å². The number of nitrogens with zero attached hydrogens (tertiary/aromatic N) is 2. The van der Waals surface area contributed by atoms with Crippen LogP contribution < -0.4 is 5.32 Å². The van der Waals surface area contributed by atoms with Crippen LogP contribution in [0.3, 0.4) is 0 Å². The zero-order chi connectivity index (χ0) is 14.3. The maximum atomic E-state index is 12.8. The van der Waals surface area contributed by atoms with Crippen molar-refractivity contribution in [2.75, 3.05) is 33.7 Å². The molecule has 22 heavy (non-hydrogen) atoms. The lowest BCUT2D eigenvalue weighted by molar-refractivity contribution is -0.135. The van der Waals surface area contributed by atoms with Gasteiger partial charge in [-0.05, 0) is 64.6 Å². The van der Waals surface area contributed by atoms with Crippen molar-refractivity contribution >= 4 is 30.7 Å². The van der Waals surface area contributed by atoms with Crippen LogP contribution in [0.15, 0.2) is 0 Å². The van der Waals surface area contributed by atoms with Gasteiger partial charge < -0.3 is 15.1 Å². The van der Waals surface area contributed by atoms with E-state index in [1.165, 1.54) is 12.8 Å². The lowest BCUT2D eigenvalue weighted by atomic mass is 9.91. The lowest BCUT2D eigenvalue weighted by Gasteiger charge is -2.39. The van der Waals surface area contributed by atoms with Crippen LogP contribution in [-0.4, -0.2) is 61.5 Å². The number of amides is 1. The highest BCUT2D eigenvalue weighted by atomic mass is 35.5. The highest BCUT2D eigenvalue weighted by Gasteiger charge is 2.58. The first-order valence-corrected chi connectivity index (χ1v) is 8.21. The van der Waals surface area contributed by atoms with Gasteiger partial charge in [0.05, 0.1) is 0 Å². The molecule has 6 heteroatoms.